The van der Waals surface area contributed by atoms with Crippen LogP contribution in [0.4, 0.5) is 0 Å². The molecule has 0 heterocycles. The van der Waals surface area contributed by atoms with Gasteiger partial charge in [0.05, 0.1) is 4.55 Å². The Hall–Kier alpha value is 0.650. The van der Waals surface area contributed by atoms with Crippen LogP contribution in [0, 0.1) is 0 Å². The average Bonchev–Trinajstić information content (AvgIpc) is 1.65. The van der Waals surface area contributed by atoms with Crippen LogP contribution in [0.3, 0.4) is 0 Å². The highest BCUT2D eigenvalue weighted by Gasteiger charge is 1.83. The number of nitrogens with two attached hydrogens (primary N) is 1. The minimum Gasteiger partial charge on any atom is -0.318 e. The molecule has 0 radical (unpaired) electrons. The summed E-state index contributed by atoms with van der Waals surface area (Å²) in [6.07, 6.45) is 0. The van der Waals surface area contributed by atoms with Gasteiger partial charge in [0.15, 0.2) is 0 Å². The molecule has 0 spiro atoms. The molecule has 2 N–H and O–H groups in total. The van der Waals surface area contributed by atoms with Crippen molar-refractivity contribution in [3.05, 3.63) is 0 Å². The molecule has 0 rings (SSSR count). The van der Waals surface area contributed by atoms with Gasteiger partial charge in [-0.1, -0.05) is 22.6 Å². The van der Waals surface area contributed by atoms with Crippen molar-refractivity contribution in [3.8, 4) is 0 Å². The first-order valence-corrected chi connectivity index (χ1v) is 3.28. The van der Waals surface area contributed by atoms with Crippen molar-refractivity contribution in [3.63, 3.8) is 0 Å². The highest BCUT2D eigenvalue weighted by Crippen LogP contribution is 1.82. The van der Waals surface area contributed by atoms with E-state index in [0.29, 0.717) is 6.67 Å². The van der Waals surface area contributed by atoms with Crippen LogP contribution in [0.1, 0.15) is 0 Å². The van der Waals surface area contributed by atoms with Gasteiger partial charge in [0, 0.05) is 6.67 Å². The van der Waals surface area contributed by atoms with Gasteiger partial charge in [0.1, 0.15) is 0 Å². The minimum absolute atomic E-state index is 0.656. The first-order valence-electron chi connectivity index (χ1n) is 1.76. The number of alkyl halides is 1. The summed E-state index contributed by atoms with van der Waals surface area (Å²) in [5, 5.41) is 0. The van der Waals surface area contributed by atoms with E-state index < -0.39 is 0 Å². The fourth-order valence-electron chi connectivity index (χ4n) is 0.0488. The summed E-state index contributed by atoms with van der Waals surface area (Å²) in [4.78, 5) is 2.01. The molecule has 0 aliphatic carbocycles. The third-order valence-corrected chi connectivity index (χ3v) is 1.68. The standard InChI is InChI=1S/C3H9IN2/c1-6(2-4)3-5/h2-3,5H2,1H3. The number of nitrogens with zero attached hydrogens (tertiary/aromatic N) is 1. The molecule has 0 bridgehead atoms. The topological polar surface area (TPSA) is 29.3 Å². The van der Waals surface area contributed by atoms with Gasteiger partial charge in [0.2, 0.25) is 0 Å². The maximum absolute atomic E-state index is 5.20. The van der Waals surface area contributed by atoms with Crippen LogP contribution in [0.25, 0.3) is 0 Å². The van der Waals surface area contributed by atoms with E-state index in [1.54, 1.807) is 0 Å². The zero-order valence-electron chi connectivity index (χ0n) is 3.82. The molecule has 0 saturated carbocycles. The lowest BCUT2D eigenvalue weighted by molar-refractivity contribution is 0.415. The van der Waals surface area contributed by atoms with E-state index in [4.69, 9.17) is 5.73 Å². The molecule has 3 heteroatoms. The van der Waals surface area contributed by atoms with Crippen molar-refractivity contribution in [2.75, 3.05) is 18.3 Å². The van der Waals surface area contributed by atoms with E-state index >= 15 is 0 Å². The van der Waals surface area contributed by atoms with Crippen molar-refractivity contribution in [2.45, 2.75) is 0 Å². The monoisotopic (exact) mass is 200 g/mol. The zero-order chi connectivity index (χ0) is 4.99. The molecule has 0 aromatic carbocycles. The quantitative estimate of drug-likeness (QED) is 0.299. The zero-order valence-corrected chi connectivity index (χ0v) is 5.97. The summed E-state index contributed by atoms with van der Waals surface area (Å²) in [6, 6.07) is 0. The number of rotatable bonds is 2. The predicted molar refractivity (Wildman–Crippen MR) is 35.7 cm³/mol. The normalized spacial score (nSPS) is 10.0. The molecule has 0 aliphatic heterocycles. The fourth-order valence-corrected chi connectivity index (χ4v) is 0.327. The molecule has 0 saturated heterocycles. The second-order valence-electron chi connectivity index (χ2n) is 1.16. The first kappa shape index (κ1) is 6.65. The number of halogens is 1. The van der Waals surface area contributed by atoms with Crippen LogP contribution in [0.15, 0.2) is 0 Å². The maximum Gasteiger partial charge on any atom is 0.0514 e. The highest BCUT2D eigenvalue weighted by atomic mass is 127. The van der Waals surface area contributed by atoms with Gasteiger partial charge >= 0.3 is 0 Å². The summed E-state index contributed by atoms with van der Waals surface area (Å²) < 4.78 is 1.01. The van der Waals surface area contributed by atoms with E-state index in [0.717, 1.165) is 4.55 Å². The van der Waals surface area contributed by atoms with Gasteiger partial charge in [0.25, 0.3) is 0 Å². The Bertz CT molecular complexity index is 28.0. The molecule has 0 unspecified atom stereocenters. The maximum atomic E-state index is 5.20. The second kappa shape index (κ2) is 3.83. The molecule has 0 aromatic heterocycles. The Labute approximate surface area is 51.8 Å². The van der Waals surface area contributed by atoms with Gasteiger partial charge in [-0.15, -0.1) is 0 Å². The van der Waals surface area contributed by atoms with E-state index in [2.05, 4.69) is 22.6 Å². The summed E-state index contributed by atoms with van der Waals surface area (Å²) in [5.74, 6) is 0. The third kappa shape index (κ3) is 2.87. The average molecular weight is 200 g/mol. The van der Waals surface area contributed by atoms with Gasteiger partial charge in [-0.05, 0) is 7.05 Å². The van der Waals surface area contributed by atoms with Crippen LogP contribution in [-0.4, -0.2) is 23.2 Å². The highest BCUT2D eigenvalue weighted by molar-refractivity contribution is 14.1. The molecular formula is C3H9IN2. The number of hydrogen-bond donors (Lipinski definition) is 1. The Balaban J connectivity index is 2.75. The lowest BCUT2D eigenvalue weighted by atomic mass is 10.9. The van der Waals surface area contributed by atoms with Crippen molar-refractivity contribution in [2.24, 2.45) is 5.73 Å². The van der Waals surface area contributed by atoms with Crippen LogP contribution in [0.5, 0.6) is 0 Å². The molecular weight excluding hydrogens is 191 g/mol. The Morgan fingerprint density at radius 2 is 2.33 bits per heavy atom. The molecule has 6 heavy (non-hydrogen) atoms. The molecule has 0 amide bonds. The Morgan fingerprint density at radius 1 is 1.83 bits per heavy atom. The van der Waals surface area contributed by atoms with E-state index in [1.165, 1.54) is 0 Å². The second-order valence-corrected chi connectivity index (χ2v) is 1.84. The first-order chi connectivity index (χ1) is 2.81. The SMILES string of the molecule is CN(CN)CI. The van der Waals surface area contributed by atoms with Gasteiger partial charge in [-0.2, -0.15) is 0 Å². The van der Waals surface area contributed by atoms with E-state index in [-0.39, 0.29) is 0 Å². The van der Waals surface area contributed by atoms with Crippen LogP contribution in [-0.2, 0) is 0 Å². The molecule has 0 fully saturated rings. The van der Waals surface area contributed by atoms with Gasteiger partial charge in [-0.25, -0.2) is 0 Å². The minimum atomic E-state index is 0.656. The smallest absolute Gasteiger partial charge is 0.0514 e. The summed E-state index contributed by atoms with van der Waals surface area (Å²) in [7, 11) is 1.98. The Morgan fingerprint density at radius 3 is 2.33 bits per heavy atom. The molecule has 0 atom stereocenters. The third-order valence-electron chi connectivity index (χ3n) is 0.516. The van der Waals surface area contributed by atoms with Crippen LogP contribution in [0.2, 0.25) is 0 Å². The van der Waals surface area contributed by atoms with Crippen molar-refractivity contribution in [1.29, 1.82) is 0 Å². The predicted octanol–water partition coefficient (Wildman–Crippen LogP) is 0.227. The van der Waals surface area contributed by atoms with Gasteiger partial charge < -0.3 is 5.73 Å². The fraction of sp³-hybridized carbons (Fsp3) is 1.00. The summed E-state index contributed by atoms with van der Waals surface area (Å²) in [5.41, 5.74) is 5.20. The lowest BCUT2D eigenvalue weighted by Crippen LogP contribution is -2.23. The van der Waals surface area contributed by atoms with Crippen LogP contribution < -0.4 is 5.73 Å². The van der Waals surface area contributed by atoms with E-state index in [1.807, 2.05) is 11.9 Å². The van der Waals surface area contributed by atoms with Gasteiger partial charge in [-0.3, -0.25) is 4.90 Å². The molecule has 0 aliphatic rings. The largest absolute Gasteiger partial charge is 0.318 e. The summed E-state index contributed by atoms with van der Waals surface area (Å²) >= 11 is 2.26. The van der Waals surface area contributed by atoms with Crippen molar-refractivity contribution < 1.29 is 0 Å². The summed E-state index contributed by atoms with van der Waals surface area (Å²) in [6.45, 7) is 0.656. The lowest BCUT2D eigenvalue weighted by Gasteiger charge is -2.05. The molecule has 2 nitrogen and oxygen atoms in total. The Kier molecular flexibility index (Phi) is 4.24. The van der Waals surface area contributed by atoms with Crippen molar-refractivity contribution >= 4 is 22.6 Å². The molecule has 38 valence electrons. The van der Waals surface area contributed by atoms with E-state index in [9.17, 15) is 0 Å². The number of hydrogen-bond acceptors (Lipinski definition) is 2. The van der Waals surface area contributed by atoms with Crippen molar-refractivity contribution in [1.82, 2.24) is 4.90 Å². The molecule has 0 aromatic rings. The van der Waals surface area contributed by atoms with Crippen LogP contribution >= 0.6 is 22.6 Å².